The van der Waals surface area contributed by atoms with E-state index in [2.05, 4.69) is 230 Å². The molecule has 366 valence electrons. The molecule has 0 spiro atoms. The Labute approximate surface area is 428 Å². The van der Waals surface area contributed by atoms with E-state index < -0.39 is 5.41 Å². The van der Waals surface area contributed by atoms with Crippen LogP contribution in [-0.2, 0) is 59.7 Å². The van der Waals surface area contributed by atoms with Crippen LogP contribution in [0.5, 0.6) is 0 Å². The number of rotatable bonds is 12. The molecule has 1 unspecified atom stereocenters. The molecular formula is C68H79BO2. The van der Waals surface area contributed by atoms with E-state index >= 15 is 0 Å². The zero-order valence-corrected chi connectivity index (χ0v) is 45.4. The summed E-state index contributed by atoms with van der Waals surface area (Å²) >= 11 is 0. The molecular weight excluding hydrogens is 860 g/mol. The highest BCUT2D eigenvalue weighted by atomic mass is 16.7. The summed E-state index contributed by atoms with van der Waals surface area (Å²) in [5.41, 5.74) is 25.5. The quantitative estimate of drug-likeness (QED) is 0.114. The van der Waals surface area contributed by atoms with Crippen molar-refractivity contribution in [2.45, 2.75) is 164 Å². The van der Waals surface area contributed by atoms with Crippen molar-refractivity contribution in [3.05, 3.63) is 206 Å². The minimum atomic E-state index is -0.453. The van der Waals surface area contributed by atoms with Crippen LogP contribution in [0.4, 0.5) is 0 Å². The SMILES string of the molecule is CCc1ccc(CC)c(-c2ccc3c(c2)C(c2ccccc2)(c2ccc4c(c2)CC4CC(C)(C)C)c2cc(-c4cc(CC)ccc4CC)ccc2-3)c1.CCc1ccc(CC)c(B2OC(C)(C)C(C)(C)O2)c1. The molecule has 71 heavy (non-hydrogen) atoms. The zero-order valence-electron chi connectivity index (χ0n) is 45.4. The van der Waals surface area contributed by atoms with Gasteiger partial charge in [-0.2, -0.15) is 0 Å². The first kappa shape index (κ1) is 50.5. The molecule has 0 aromatic heterocycles. The fourth-order valence-electron chi connectivity index (χ4n) is 11.9. The van der Waals surface area contributed by atoms with Crippen molar-refractivity contribution in [2.24, 2.45) is 5.41 Å². The molecule has 0 bridgehead atoms. The number of fused-ring (bicyclic) bond motifs is 4. The molecule has 7 aromatic carbocycles. The summed E-state index contributed by atoms with van der Waals surface area (Å²) in [5.74, 6) is 0.648. The molecule has 1 atom stereocenters. The molecule has 0 N–H and O–H groups in total. The predicted octanol–water partition coefficient (Wildman–Crippen LogP) is 16.8. The van der Waals surface area contributed by atoms with Gasteiger partial charge in [0.2, 0.25) is 0 Å². The third kappa shape index (κ3) is 9.32. The lowest BCUT2D eigenvalue weighted by atomic mass is 9.64. The van der Waals surface area contributed by atoms with E-state index in [1.54, 1.807) is 5.56 Å². The molecule has 2 aliphatic carbocycles. The summed E-state index contributed by atoms with van der Waals surface area (Å²) in [4.78, 5) is 0. The van der Waals surface area contributed by atoms with Gasteiger partial charge in [-0.05, 0) is 208 Å². The highest BCUT2D eigenvalue weighted by Gasteiger charge is 2.52. The maximum absolute atomic E-state index is 6.17. The normalized spacial score (nSPS) is 16.9. The Kier molecular flexibility index (Phi) is 14.1. The van der Waals surface area contributed by atoms with E-state index in [0.29, 0.717) is 11.3 Å². The number of hydrogen-bond acceptors (Lipinski definition) is 2. The summed E-state index contributed by atoms with van der Waals surface area (Å²) in [6.45, 7) is 29.0. The van der Waals surface area contributed by atoms with Crippen LogP contribution in [-0.4, -0.2) is 18.3 Å². The summed E-state index contributed by atoms with van der Waals surface area (Å²) in [5, 5.41) is 0. The van der Waals surface area contributed by atoms with Crippen molar-refractivity contribution >= 4 is 12.6 Å². The van der Waals surface area contributed by atoms with E-state index in [9.17, 15) is 0 Å². The minimum Gasteiger partial charge on any atom is -0.399 e. The van der Waals surface area contributed by atoms with E-state index in [4.69, 9.17) is 9.31 Å². The predicted molar refractivity (Wildman–Crippen MR) is 304 cm³/mol. The molecule has 1 fully saturated rings. The molecule has 3 heteroatoms. The summed E-state index contributed by atoms with van der Waals surface area (Å²) in [6, 6.07) is 54.6. The van der Waals surface area contributed by atoms with Gasteiger partial charge in [0.25, 0.3) is 0 Å². The van der Waals surface area contributed by atoms with Crippen LogP contribution in [0.15, 0.2) is 140 Å². The third-order valence-corrected chi connectivity index (χ3v) is 16.7. The van der Waals surface area contributed by atoms with E-state index in [-0.39, 0.29) is 18.3 Å². The Morgan fingerprint density at radius 3 is 1.44 bits per heavy atom. The van der Waals surface area contributed by atoms with Crippen molar-refractivity contribution in [2.75, 3.05) is 0 Å². The summed E-state index contributed by atoms with van der Waals surface area (Å²) < 4.78 is 12.3. The largest absolute Gasteiger partial charge is 0.495 e. The van der Waals surface area contributed by atoms with Gasteiger partial charge in [0.05, 0.1) is 16.6 Å². The lowest BCUT2D eigenvalue weighted by Crippen LogP contribution is -2.41. The summed E-state index contributed by atoms with van der Waals surface area (Å²) in [6.07, 6.45) is 8.54. The minimum absolute atomic E-state index is 0.244. The first-order chi connectivity index (χ1) is 34.0. The maximum atomic E-state index is 6.17. The van der Waals surface area contributed by atoms with Crippen molar-refractivity contribution in [1.82, 2.24) is 0 Å². The smallest absolute Gasteiger partial charge is 0.399 e. The second-order valence-corrected chi connectivity index (χ2v) is 22.9. The van der Waals surface area contributed by atoms with Crippen LogP contribution in [0, 0.1) is 5.41 Å². The molecule has 3 aliphatic rings. The van der Waals surface area contributed by atoms with Gasteiger partial charge >= 0.3 is 7.12 Å². The Morgan fingerprint density at radius 2 is 0.972 bits per heavy atom. The Hall–Kier alpha value is -5.48. The highest BCUT2D eigenvalue weighted by Crippen LogP contribution is 2.59. The van der Waals surface area contributed by atoms with Gasteiger partial charge in [0.15, 0.2) is 0 Å². The van der Waals surface area contributed by atoms with Crippen LogP contribution in [0.25, 0.3) is 33.4 Å². The maximum Gasteiger partial charge on any atom is 0.495 e. The topological polar surface area (TPSA) is 18.5 Å². The van der Waals surface area contributed by atoms with Crippen molar-refractivity contribution in [3.63, 3.8) is 0 Å². The lowest BCUT2D eigenvalue weighted by Gasteiger charge is -2.39. The van der Waals surface area contributed by atoms with Gasteiger partial charge in [0, 0.05) is 0 Å². The van der Waals surface area contributed by atoms with Crippen LogP contribution < -0.4 is 5.46 Å². The van der Waals surface area contributed by atoms with Gasteiger partial charge in [0.1, 0.15) is 0 Å². The van der Waals surface area contributed by atoms with Crippen molar-refractivity contribution in [3.8, 4) is 33.4 Å². The molecule has 1 aliphatic heterocycles. The molecule has 7 aromatic rings. The Balaban J connectivity index is 0.000000276. The van der Waals surface area contributed by atoms with Crippen LogP contribution in [0.3, 0.4) is 0 Å². The fraction of sp³-hybridized carbons (Fsp3) is 0.382. The fourth-order valence-corrected chi connectivity index (χ4v) is 11.9. The average Bonchev–Trinajstić information content (AvgIpc) is 3.79. The second-order valence-electron chi connectivity index (χ2n) is 22.9. The summed E-state index contributed by atoms with van der Waals surface area (Å²) in [7, 11) is -0.244. The zero-order chi connectivity index (χ0) is 50.5. The van der Waals surface area contributed by atoms with Gasteiger partial charge in [-0.25, -0.2) is 0 Å². The lowest BCUT2D eigenvalue weighted by molar-refractivity contribution is 0.00578. The molecule has 0 saturated carbocycles. The standard InChI is InChI=1S/C52H54.C16H25BO2/c1-8-34-17-19-36(10-3)47(27-34)38-21-24-45-46-25-22-39(48-28-35(9-2)18-20-37(48)11-4)32-50(46)52(49(45)31-38,42-15-13-12-14-16-42)43-23-26-44-40(30-43)29-41(44)33-51(5,6)7;1-7-12-9-10-13(8-2)14(11-12)17-18-15(3,4)16(5,6)19-17/h12-28,30-32,41H,8-11,29,33H2,1-7H3;9-11H,7-8H2,1-6H3. The Bertz CT molecular complexity index is 2930. The van der Waals surface area contributed by atoms with Crippen molar-refractivity contribution in [1.29, 1.82) is 0 Å². The molecule has 1 heterocycles. The first-order valence-corrected chi connectivity index (χ1v) is 27.2. The Morgan fingerprint density at radius 1 is 0.479 bits per heavy atom. The van der Waals surface area contributed by atoms with E-state index in [1.165, 1.54) is 113 Å². The van der Waals surface area contributed by atoms with Gasteiger partial charge in [-0.1, -0.05) is 190 Å². The van der Waals surface area contributed by atoms with E-state index in [0.717, 1.165) is 38.5 Å². The monoisotopic (exact) mass is 939 g/mol. The molecule has 10 rings (SSSR count). The highest BCUT2D eigenvalue weighted by molar-refractivity contribution is 6.62. The third-order valence-electron chi connectivity index (χ3n) is 16.7. The average molecular weight is 939 g/mol. The van der Waals surface area contributed by atoms with Gasteiger partial charge in [-0.15, -0.1) is 0 Å². The van der Waals surface area contributed by atoms with E-state index in [1.807, 2.05) is 0 Å². The second kappa shape index (κ2) is 19.9. The van der Waals surface area contributed by atoms with Crippen LogP contribution in [0.2, 0.25) is 0 Å². The van der Waals surface area contributed by atoms with Gasteiger partial charge in [-0.3, -0.25) is 0 Å². The van der Waals surface area contributed by atoms with Crippen LogP contribution >= 0.6 is 0 Å². The van der Waals surface area contributed by atoms with Crippen molar-refractivity contribution < 1.29 is 9.31 Å². The number of aryl methyl sites for hydroxylation is 6. The molecule has 1 saturated heterocycles. The van der Waals surface area contributed by atoms with Gasteiger partial charge < -0.3 is 9.31 Å². The van der Waals surface area contributed by atoms with Crippen LogP contribution in [0.1, 0.15) is 169 Å². The molecule has 0 radical (unpaired) electrons. The number of benzene rings is 7. The first-order valence-electron chi connectivity index (χ1n) is 27.2. The molecule has 0 amide bonds. The molecule has 2 nitrogen and oxygen atoms in total. The number of hydrogen-bond donors (Lipinski definition) is 0.